The molecular formula is C14H28N2. The van der Waals surface area contributed by atoms with E-state index in [2.05, 4.69) is 11.8 Å². The minimum Gasteiger partial charge on any atom is -0.328 e. The molecule has 2 atom stereocenters. The molecule has 0 amide bonds. The van der Waals surface area contributed by atoms with Crippen molar-refractivity contribution in [3.63, 3.8) is 0 Å². The molecule has 2 rings (SSSR count). The Bertz CT molecular complexity index is 197. The summed E-state index contributed by atoms with van der Waals surface area (Å²) in [7, 11) is 0. The Kier molecular flexibility index (Phi) is 4.66. The molecule has 2 N–H and O–H groups in total. The summed E-state index contributed by atoms with van der Waals surface area (Å²) in [6, 6.07) is 0.502. The van der Waals surface area contributed by atoms with Gasteiger partial charge in [-0.25, -0.2) is 0 Å². The van der Waals surface area contributed by atoms with Gasteiger partial charge in [-0.05, 0) is 57.0 Å². The predicted molar refractivity (Wildman–Crippen MR) is 69.4 cm³/mol. The maximum Gasteiger partial charge on any atom is 0.00420 e. The number of nitrogens with zero attached hydrogens (tertiary/aromatic N) is 1. The van der Waals surface area contributed by atoms with Crippen LogP contribution >= 0.6 is 0 Å². The van der Waals surface area contributed by atoms with Gasteiger partial charge in [-0.3, -0.25) is 0 Å². The summed E-state index contributed by atoms with van der Waals surface area (Å²) in [5.74, 6) is 1.92. The molecule has 1 saturated heterocycles. The molecule has 94 valence electrons. The van der Waals surface area contributed by atoms with Gasteiger partial charge in [-0.2, -0.15) is 0 Å². The van der Waals surface area contributed by atoms with E-state index >= 15 is 0 Å². The smallest absolute Gasteiger partial charge is 0.00420 e. The van der Waals surface area contributed by atoms with Crippen molar-refractivity contribution in [2.75, 3.05) is 19.6 Å². The van der Waals surface area contributed by atoms with Crippen LogP contribution in [0.2, 0.25) is 0 Å². The van der Waals surface area contributed by atoms with Crippen molar-refractivity contribution in [3.8, 4) is 0 Å². The van der Waals surface area contributed by atoms with E-state index < -0.39 is 0 Å². The van der Waals surface area contributed by atoms with E-state index in [1.807, 2.05) is 0 Å². The molecule has 2 aliphatic rings. The number of rotatable bonds is 4. The van der Waals surface area contributed by atoms with Crippen LogP contribution in [0.5, 0.6) is 0 Å². The SMILES string of the molecule is CCCC1CCN(CC2CCC(N)C2)CC1. The van der Waals surface area contributed by atoms with E-state index in [1.54, 1.807) is 0 Å². The van der Waals surface area contributed by atoms with Crippen molar-refractivity contribution >= 4 is 0 Å². The van der Waals surface area contributed by atoms with Crippen molar-refractivity contribution in [2.45, 2.75) is 57.9 Å². The molecule has 1 heterocycles. The molecule has 0 bridgehead atoms. The quantitative estimate of drug-likeness (QED) is 0.795. The average Bonchev–Trinajstić information content (AvgIpc) is 2.67. The van der Waals surface area contributed by atoms with E-state index in [1.165, 1.54) is 64.6 Å². The van der Waals surface area contributed by atoms with E-state index in [-0.39, 0.29) is 0 Å². The molecule has 0 aromatic heterocycles. The fourth-order valence-electron chi connectivity index (χ4n) is 3.51. The number of piperidine rings is 1. The average molecular weight is 224 g/mol. The van der Waals surface area contributed by atoms with Crippen LogP contribution in [0.25, 0.3) is 0 Å². The van der Waals surface area contributed by atoms with E-state index in [0.717, 1.165) is 11.8 Å². The molecule has 2 unspecified atom stereocenters. The van der Waals surface area contributed by atoms with Crippen molar-refractivity contribution in [3.05, 3.63) is 0 Å². The highest BCUT2D eigenvalue weighted by atomic mass is 15.1. The van der Waals surface area contributed by atoms with Gasteiger partial charge < -0.3 is 10.6 Å². The first-order valence-corrected chi connectivity index (χ1v) is 7.26. The maximum absolute atomic E-state index is 5.97. The third kappa shape index (κ3) is 3.46. The van der Waals surface area contributed by atoms with Crippen LogP contribution < -0.4 is 5.73 Å². The molecule has 2 heteroatoms. The van der Waals surface area contributed by atoms with Gasteiger partial charge in [0.2, 0.25) is 0 Å². The topological polar surface area (TPSA) is 29.3 Å². The zero-order valence-electron chi connectivity index (χ0n) is 10.8. The zero-order chi connectivity index (χ0) is 11.4. The fraction of sp³-hybridized carbons (Fsp3) is 1.00. The Balaban J connectivity index is 1.65. The third-order valence-electron chi connectivity index (χ3n) is 4.50. The Labute approximate surface area is 101 Å². The normalized spacial score (nSPS) is 33.4. The maximum atomic E-state index is 5.97. The minimum atomic E-state index is 0.502. The molecule has 16 heavy (non-hydrogen) atoms. The molecule has 2 nitrogen and oxygen atoms in total. The second-order valence-electron chi connectivity index (χ2n) is 5.97. The van der Waals surface area contributed by atoms with Crippen LogP contribution in [-0.4, -0.2) is 30.6 Å². The first kappa shape index (κ1) is 12.4. The van der Waals surface area contributed by atoms with E-state index in [9.17, 15) is 0 Å². The minimum absolute atomic E-state index is 0.502. The van der Waals surface area contributed by atoms with Gasteiger partial charge in [-0.1, -0.05) is 19.8 Å². The number of hydrogen-bond donors (Lipinski definition) is 1. The molecule has 2 fully saturated rings. The number of nitrogens with two attached hydrogens (primary N) is 1. The third-order valence-corrected chi connectivity index (χ3v) is 4.50. The molecule has 0 aromatic rings. The summed E-state index contributed by atoms with van der Waals surface area (Å²) in [5.41, 5.74) is 5.97. The van der Waals surface area contributed by atoms with E-state index in [0.29, 0.717) is 6.04 Å². The van der Waals surface area contributed by atoms with Gasteiger partial charge in [0.15, 0.2) is 0 Å². The molecule has 0 radical (unpaired) electrons. The predicted octanol–water partition coefficient (Wildman–Crippen LogP) is 2.63. The van der Waals surface area contributed by atoms with Crippen LogP contribution in [0, 0.1) is 11.8 Å². The summed E-state index contributed by atoms with van der Waals surface area (Å²) in [4.78, 5) is 2.69. The highest BCUT2D eigenvalue weighted by Crippen LogP contribution is 2.27. The van der Waals surface area contributed by atoms with Crippen LogP contribution in [-0.2, 0) is 0 Å². The summed E-state index contributed by atoms with van der Waals surface area (Å²) < 4.78 is 0. The van der Waals surface area contributed by atoms with Gasteiger partial charge >= 0.3 is 0 Å². The van der Waals surface area contributed by atoms with Crippen LogP contribution in [0.4, 0.5) is 0 Å². The molecule has 0 aromatic carbocycles. The Morgan fingerprint density at radius 2 is 1.81 bits per heavy atom. The lowest BCUT2D eigenvalue weighted by Gasteiger charge is -2.33. The Morgan fingerprint density at radius 3 is 2.38 bits per heavy atom. The van der Waals surface area contributed by atoms with Crippen LogP contribution in [0.3, 0.4) is 0 Å². The Morgan fingerprint density at radius 1 is 1.06 bits per heavy atom. The molecule has 1 aliphatic heterocycles. The molecule has 1 saturated carbocycles. The fourth-order valence-corrected chi connectivity index (χ4v) is 3.51. The molecule has 1 aliphatic carbocycles. The van der Waals surface area contributed by atoms with Crippen molar-refractivity contribution in [1.82, 2.24) is 4.90 Å². The lowest BCUT2D eigenvalue weighted by atomic mass is 9.92. The lowest BCUT2D eigenvalue weighted by molar-refractivity contribution is 0.156. The number of hydrogen-bond acceptors (Lipinski definition) is 2. The van der Waals surface area contributed by atoms with Crippen molar-refractivity contribution in [2.24, 2.45) is 17.6 Å². The zero-order valence-corrected chi connectivity index (χ0v) is 10.8. The summed E-state index contributed by atoms with van der Waals surface area (Å²) in [5, 5.41) is 0. The van der Waals surface area contributed by atoms with Crippen LogP contribution in [0.15, 0.2) is 0 Å². The molecule has 0 spiro atoms. The monoisotopic (exact) mass is 224 g/mol. The number of likely N-dealkylation sites (tertiary alicyclic amines) is 1. The molecular weight excluding hydrogens is 196 g/mol. The first-order chi connectivity index (χ1) is 7.78. The van der Waals surface area contributed by atoms with Gasteiger partial charge in [0.25, 0.3) is 0 Å². The van der Waals surface area contributed by atoms with Gasteiger partial charge in [0.05, 0.1) is 0 Å². The van der Waals surface area contributed by atoms with Crippen molar-refractivity contribution in [1.29, 1.82) is 0 Å². The first-order valence-electron chi connectivity index (χ1n) is 7.26. The van der Waals surface area contributed by atoms with Gasteiger partial charge in [0.1, 0.15) is 0 Å². The second-order valence-corrected chi connectivity index (χ2v) is 5.97. The van der Waals surface area contributed by atoms with E-state index in [4.69, 9.17) is 5.73 Å². The lowest BCUT2D eigenvalue weighted by Crippen LogP contribution is -2.36. The summed E-state index contributed by atoms with van der Waals surface area (Å²) in [6.45, 7) is 6.33. The summed E-state index contributed by atoms with van der Waals surface area (Å²) >= 11 is 0. The Hall–Kier alpha value is -0.0800. The van der Waals surface area contributed by atoms with Gasteiger partial charge in [-0.15, -0.1) is 0 Å². The van der Waals surface area contributed by atoms with Gasteiger partial charge in [0, 0.05) is 12.6 Å². The van der Waals surface area contributed by atoms with Crippen LogP contribution in [0.1, 0.15) is 51.9 Å². The highest BCUT2D eigenvalue weighted by molar-refractivity contribution is 4.81. The second kappa shape index (κ2) is 6.02. The van der Waals surface area contributed by atoms with Crippen molar-refractivity contribution < 1.29 is 0 Å². The largest absolute Gasteiger partial charge is 0.328 e. The summed E-state index contributed by atoms with van der Waals surface area (Å²) in [6.07, 6.45) is 9.59. The standard InChI is InChI=1S/C14H28N2/c1-2-3-12-6-8-16(9-7-12)11-13-4-5-14(15)10-13/h12-14H,2-11,15H2,1H3. The highest BCUT2D eigenvalue weighted by Gasteiger charge is 2.25.